The first-order valence-electron chi connectivity index (χ1n) is 3.48. The maximum absolute atomic E-state index is 7.26. The van der Waals surface area contributed by atoms with E-state index in [9.17, 15) is 0 Å². The van der Waals surface area contributed by atoms with Gasteiger partial charge in [0.05, 0.1) is 0 Å². The van der Waals surface area contributed by atoms with E-state index in [1.54, 1.807) is 0 Å². The Morgan fingerprint density at radius 3 is 1.64 bits per heavy atom. The average Bonchev–Trinajstić information content (AvgIpc) is 1.86. The van der Waals surface area contributed by atoms with Crippen LogP contribution in [-0.4, -0.2) is 4.75 Å². The van der Waals surface area contributed by atoms with Crippen LogP contribution in [0.5, 0.6) is 0 Å². The van der Waals surface area contributed by atoms with Crippen LogP contribution in [0.15, 0.2) is 0 Å². The molecule has 0 aromatic rings. The molecule has 0 bridgehead atoms. The smallest absolute Gasteiger partial charge is 0.181 e. The van der Waals surface area contributed by atoms with Crippen molar-refractivity contribution in [1.82, 2.24) is 0 Å². The van der Waals surface area contributed by atoms with E-state index in [-0.39, 0.29) is 4.75 Å². The third kappa shape index (κ3) is 26.7. The second kappa shape index (κ2) is 7.44. The summed E-state index contributed by atoms with van der Waals surface area (Å²) in [5.74, 6) is 0. The van der Waals surface area contributed by atoms with Crippen molar-refractivity contribution >= 4 is 12.6 Å². The Morgan fingerprint density at radius 1 is 1.27 bits per heavy atom. The average molecular weight is 170 g/mol. The molecule has 0 aliphatic carbocycles. The molecule has 0 saturated carbocycles. The van der Waals surface area contributed by atoms with Gasteiger partial charge in [0.15, 0.2) is 12.1 Å². The molecule has 0 radical (unpaired) electrons. The summed E-state index contributed by atoms with van der Waals surface area (Å²) in [4.78, 5) is 0. The highest BCUT2D eigenvalue weighted by molar-refractivity contribution is 7.81. The normalized spacial score (nSPS) is 8.55. The van der Waals surface area contributed by atoms with Crippen molar-refractivity contribution in [3.8, 4) is 12.1 Å². The molecular weight excluding hydrogens is 156 g/mol. The van der Waals surface area contributed by atoms with E-state index in [2.05, 4.69) is 33.4 Å². The van der Waals surface area contributed by atoms with Crippen LogP contribution < -0.4 is 0 Å². The van der Waals surface area contributed by atoms with Crippen molar-refractivity contribution in [2.24, 2.45) is 0 Å². The third-order valence-corrected chi connectivity index (χ3v) is 1.14. The number of nitrogens with zero attached hydrogens (tertiary/aromatic N) is 2. The van der Waals surface area contributed by atoms with Crippen LogP contribution in [0.3, 0.4) is 0 Å². The number of rotatable bonds is 2. The van der Waals surface area contributed by atoms with Crippen molar-refractivity contribution in [2.75, 3.05) is 0 Å². The molecule has 0 N–H and O–H groups in total. The highest BCUT2D eigenvalue weighted by Crippen LogP contribution is 2.17. The molecule has 0 amide bonds. The van der Waals surface area contributed by atoms with E-state index in [1.807, 2.05) is 0 Å². The Bertz CT molecular complexity index is 144. The van der Waals surface area contributed by atoms with Crippen LogP contribution in [0.4, 0.5) is 0 Å². The zero-order chi connectivity index (χ0) is 9.33. The summed E-state index contributed by atoms with van der Waals surface area (Å²) in [5.41, 5.74) is 0. The van der Waals surface area contributed by atoms with E-state index < -0.39 is 0 Å². The lowest BCUT2D eigenvalue weighted by atomic mass is 10.1. The Labute approximate surface area is 74.2 Å². The predicted molar refractivity (Wildman–Crippen MR) is 49.2 cm³/mol. The second-order valence-corrected chi connectivity index (χ2v) is 4.00. The van der Waals surface area contributed by atoms with Gasteiger partial charge in [0.1, 0.15) is 0 Å². The molecule has 2 nitrogen and oxygen atoms in total. The Balaban J connectivity index is 0. The standard InChI is InChI=1S/C6H14S.C2N2/c1-4-5-6(2,3)7;3-1-2-4/h7H,4-5H2,1-3H3;. The van der Waals surface area contributed by atoms with Crippen molar-refractivity contribution < 1.29 is 0 Å². The minimum atomic E-state index is 0.245. The quantitative estimate of drug-likeness (QED) is 0.647. The Hall–Kier alpha value is -0.670. The van der Waals surface area contributed by atoms with Gasteiger partial charge in [0.25, 0.3) is 0 Å². The molecule has 0 spiro atoms. The van der Waals surface area contributed by atoms with Crippen LogP contribution >= 0.6 is 12.6 Å². The SMILES string of the molecule is CCCC(C)(C)S.N#CC#N. The molecule has 62 valence electrons. The summed E-state index contributed by atoms with van der Waals surface area (Å²) < 4.78 is 0.245. The molecule has 0 rings (SSSR count). The van der Waals surface area contributed by atoms with Crippen molar-refractivity contribution in [3.05, 3.63) is 0 Å². The van der Waals surface area contributed by atoms with Gasteiger partial charge in [0, 0.05) is 4.75 Å². The van der Waals surface area contributed by atoms with Crippen LogP contribution in [0.2, 0.25) is 0 Å². The van der Waals surface area contributed by atoms with E-state index >= 15 is 0 Å². The molecule has 0 saturated heterocycles. The summed E-state index contributed by atoms with van der Waals surface area (Å²) in [6, 6.07) is 2.47. The van der Waals surface area contributed by atoms with Gasteiger partial charge in [0.2, 0.25) is 0 Å². The fraction of sp³-hybridized carbons (Fsp3) is 0.750. The van der Waals surface area contributed by atoms with Gasteiger partial charge in [-0.05, 0) is 6.42 Å². The lowest BCUT2D eigenvalue weighted by Gasteiger charge is -2.14. The van der Waals surface area contributed by atoms with Crippen molar-refractivity contribution in [3.63, 3.8) is 0 Å². The molecule has 0 atom stereocenters. The Kier molecular flexibility index (Phi) is 8.76. The van der Waals surface area contributed by atoms with Crippen molar-refractivity contribution in [1.29, 1.82) is 10.5 Å². The minimum absolute atomic E-state index is 0.245. The Morgan fingerprint density at radius 2 is 1.64 bits per heavy atom. The summed E-state index contributed by atoms with van der Waals surface area (Å²) in [6.07, 6.45) is 2.44. The van der Waals surface area contributed by atoms with Gasteiger partial charge in [-0.15, -0.1) is 0 Å². The first-order chi connectivity index (χ1) is 4.97. The van der Waals surface area contributed by atoms with Crippen LogP contribution in [0.1, 0.15) is 33.6 Å². The number of hydrogen-bond donors (Lipinski definition) is 1. The molecule has 0 heterocycles. The predicted octanol–water partition coefficient (Wildman–Crippen LogP) is 2.53. The zero-order valence-corrected chi connectivity index (χ0v) is 8.15. The maximum atomic E-state index is 7.26. The van der Waals surface area contributed by atoms with Gasteiger partial charge in [-0.1, -0.05) is 27.2 Å². The molecular formula is C8H14N2S. The largest absolute Gasteiger partial charge is 0.181 e. The van der Waals surface area contributed by atoms with Gasteiger partial charge in [-0.3, -0.25) is 0 Å². The van der Waals surface area contributed by atoms with Crippen LogP contribution in [0.25, 0.3) is 0 Å². The molecule has 3 heteroatoms. The van der Waals surface area contributed by atoms with Gasteiger partial charge in [-0.2, -0.15) is 23.2 Å². The van der Waals surface area contributed by atoms with E-state index in [0.717, 1.165) is 0 Å². The summed E-state index contributed by atoms with van der Waals surface area (Å²) >= 11 is 4.33. The number of nitriles is 2. The van der Waals surface area contributed by atoms with E-state index in [0.29, 0.717) is 0 Å². The number of thiol groups is 1. The lowest BCUT2D eigenvalue weighted by molar-refractivity contribution is 0.632. The molecule has 0 aliphatic rings. The molecule has 0 aliphatic heterocycles. The van der Waals surface area contributed by atoms with E-state index in [4.69, 9.17) is 10.5 Å². The van der Waals surface area contributed by atoms with Crippen LogP contribution in [0, 0.1) is 22.7 Å². The van der Waals surface area contributed by atoms with Gasteiger partial charge >= 0.3 is 0 Å². The number of hydrogen-bond acceptors (Lipinski definition) is 3. The van der Waals surface area contributed by atoms with Gasteiger partial charge < -0.3 is 0 Å². The maximum Gasteiger partial charge on any atom is 0.181 e. The van der Waals surface area contributed by atoms with Crippen LogP contribution in [-0.2, 0) is 0 Å². The topological polar surface area (TPSA) is 47.6 Å². The first kappa shape index (κ1) is 13.0. The second-order valence-electron chi connectivity index (χ2n) is 2.79. The lowest BCUT2D eigenvalue weighted by Crippen LogP contribution is -2.08. The molecule has 0 aromatic heterocycles. The van der Waals surface area contributed by atoms with Crippen molar-refractivity contribution in [2.45, 2.75) is 38.4 Å². The molecule has 0 aromatic carbocycles. The zero-order valence-electron chi connectivity index (χ0n) is 7.26. The highest BCUT2D eigenvalue weighted by Gasteiger charge is 2.07. The monoisotopic (exact) mass is 170 g/mol. The first-order valence-corrected chi connectivity index (χ1v) is 3.93. The molecule has 0 fully saturated rings. The fourth-order valence-electron chi connectivity index (χ4n) is 0.612. The molecule has 11 heavy (non-hydrogen) atoms. The fourth-order valence-corrected chi connectivity index (χ4v) is 0.835. The summed E-state index contributed by atoms with van der Waals surface area (Å²) in [6.45, 7) is 6.46. The van der Waals surface area contributed by atoms with Gasteiger partial charge in [-0.25, -0.2) is 0 Å². The minimum Gasteiger partial charge on any atom is -0.181 e. The highest BCUT2D eigenvalue weighted by atomic mass is 32.1. The summed E-state index contributed by atoms with van der Waals surface area (Å²) in [5, 5.41) is 14.5. The molecule has 0 unspecified atom stereocenters. The summed E-state index contributed by atoms with van der Waals surface area (Å²) in [7, 11) is 0. The third-order valence-electron chi connectivity index (χ3n) is 0.912. The van der Waals surface area contributed by atoms with E-state index in [1.165, 1.54) is 25.0 Å².